The van der Waals surface area contributed by atoms with Crippen molar-refractivity contribution >= 4 is 5.97 Å². The molecule has 2 rings (SSSR count). The molecule has 1 N–H and O–H groups in total. The van der Waals surface area contributed by atoms with E-state index in [4.69, 9.17) is 13.9 Å². The first-order valence-electron chi connectivity index (χ1n) is 5.62. The van der Waals surface area contributed by atoms with Gasteiger partial charge in [-0.3, -0.25) is 0 Å². The highest BCUT2D eigenvalue weighted by atomic mass is 16.6. The van der Waals surface area contributed by atoms with Crippen molar-refractivity contribution in [3.05, 3.63) is 36.2 Å². The van der Waals surface area contributed by atoms with Gasteiger partial charge in [-0.1, -0.05) is 12.1 Å². The van der Waals surface area contributed by atoms with Crippen LogP contribution < -0.4 is 0 Å². The molecule has 0 saturated carbocycles. The quantitative estimate of drug-likeness (QED) is 0.655. The van der Waals surface area contributed by atoms with E-state index in [2.05, 4.69) is 4.98 Å². The van der Waals surface area contributed by atoms with Crippen LogP contribution in [0.1, 0.15) is 10.5 Å². The van der Waals surface area contributed by atoms with Gasteiger partial charge in [0.05, 0.1) is 12.2 Å². The summed E-state index contributed by atoms with van der Waals surface area (Å²) in [5.41, 5.74) is 0.466. The zero-order chi connectivity index (χ0) is 13.7. The van der Waals surface area contributed by atoms with Crippen LogP contribution in [0.4, 0.5) is 0 Å². The number of nitrogens with zero attached hydrogens (tertiary/aromatic N) is 1. The summed E-state index contributed by atoms with van der Waals surface area (Å²) in [4.78, 5) is 15.6. The number of carbonyl (C=O) groups is 1. The smallest absolute Gasteiger partial charge is 0.360 e. The molecule has 19 heavy (non-hydrogen) atoms. The number of oxazole rings is 1. The number of aromatic hydroxyl groups is 1. The summed E-state index contributed by atoms with van der Waals surface area (Å²) >= 11 is 0. The first-order chi connectivity index (χ1) is 9.22. The number of ether oxygens (including phenoxy) is 2. The number of hydrogen-bond acceptors (Lipinski definition) is 6. The van der Waals surface area contributed by atoms with Crippen molar-refractivity contribution in [2.24, 2.45) is 0 Å². The van der Waals surface area contributed by atoms with Crippen LogP contribution in [0.3, 0.4) is 0 Å². The Hall–Kier alpha value is -2.34. The minimum absolute atomic E-state index is 0.0312. The van der Waals surface area contributed by atoms with E-state index in [1.807, 2.05) is 0 Å². The van der Waals surface area contributed by atoms with E-state index in [0.29, 0.717) is 12.2 Å². The summed E-state index contributed by atoms with van der Waals surface area (Å²) in [7, 11) is 1.51. The van der Waals surface area contributed by atoms with Crippen LogP contribution in [0.15, 0.2) is 34.9 Å². The topological polar surface area (TPSA) is 81.8 Å². The first-order valence-corrected chi connectivity index (χ1v) is 5.62. The molecule has 0 aliphatic heterocycles. The van der Waals surface area contributed by atoms with Gasteiger partial charge in [0.1, 0.15) is 18.6 Å². The van der Waals surface area contributed by atoms with Gasteiger partial charge in [-0.15, -0.1) is 0 Å². The van der Waals surface area contributed by atoms with Crippen molar-refractivity contribution in [3.63, 3.8) is 0 Å². The van der Waals surface area contributed by atoms with Crippen LogP contribution in [0, 0.1) is 0 Å². The molecule has 6 heteroatoms. The van der Waals surface area contributed by atoms with Crippen LogP contribution in [-0.4, -0.2) is 36.4 Å². The molecule has 0 radical (unpaired) electrons. The Labute approximate surface area is 109 Å². The SMILES string of the molecule is COCCOC(=O)c1coc(-c2ccccc2O)n1. The molecule has 0 aliphatic carbocycles. The largest absolute Gasteiger partial charge is 0.507 e. The molecular formula is C13H13NO5. The molecule has 6 nitrogen and oxygen atoms in total. The maximum Gasteiger partial charge on any atom is 0.360 e. The fraction of sp³-hybridized carbons (Fsp3) is 0.231. The number of phenolic OH excluding ortho intramolecular Hbond substituents is 1. The lowest BCUT2D eigenvalue weighted by atomic mass is 10.2. The number of phenols is 1. The number of benzene rings is 1. The van der Waals surface area contributed by atoms with Gasteiger partial charge in [0.15, 0.2) is 5.69 Å². The molecule has 1 aromatic carbocycles. The lowest BCUT2D eigenvalue weighted by Crippen LogP contribution is -2.10. The molecule has 1 aromatic heterocycles. The Balaban J connectivity index is 2.11. The predicted molar refractivity (Wildman–Crippen MR) is 65.8 cm³/mol. The normalized spacial score (nSPS) is 10.4. The van der Waals surface area contributed by atoms with E-state index in [1.165, 1.54) is 19.4 Å². The first kappa shape index (κ1) is 13.1. The van der Waals surface area contributed by atoms with Gasteiger partial charge in [0.25, 0.3) is 0 Å². The molecule has 100 valence electrons. The zero-order valence-corrected chi connectivity index (χ0v) is 10.3. The number of para-hydroxylation sites is 1. The van der Waals surface area contributed by atoms with E-state index in [-0.39, 0.29) is 23.9 Å². The van der Waals surface area contributed by atoms with Crippen molar-refractivity contribution in [1.82, 2.24) is 4.98 Å². The van der Waals surface area contributed by atoms with Crippen LogP contribution in [-0.2, 0) is 9.47 Å². The zero-order valence-electron chi connectivity index (χ0n) is 10.3. The molecule has 0 fully saturated rings. The third kappa shape index (κ3) is 3.11. The van der Waals surface area contributed by atoms with Gasteiger partial charge in [-0.05, 0) is 12.1 Å². The average Bonchev–Trinajstić information content (AvgIpc) is 2.89. The van der Waals surface area contributed by atoms with Gasteiger partial charge < -0.3 is 19.0 Å². The van der Waals surface area contributed by atoms with E-state index < -0.39 is 5.97 Å². The standard InChI is InChI=1S/C13H13NO5/c1-17-6-7-18-13(16)10-8-19-12(14-10)9-4-2-3-5-11(9)15/h2-5,8,15H,6-7H2,1H3. The number of carbonyl (C=O) groups excluding carboxylic acids is 1. The molecule has 0 aliphatic rings. The van der Waals surface area contributed by atoms with Gasteiger partial charge in [-0.25, -0.2) is 9.78 Å². The minimum Gasteiger partial charge on any atom is -0.507 e. The fourth-order valence-electron chi connectivity index (χ4n) is 1.44. The lowest BCUT2D eigenvalue weighted by Gasteiger charge is -2.00. The summed E-state index contributed by atoms with van der Waals surface area (Å²) in [5, 5.41) is 9.65. The number of aromatic nitrogens is 1. The number of hydrogen-bond donors (Lipinski definition) is 1. The summed E-state index contributed by atoms with van der Waals surface area (Å²) in [5.74, 6) is -0.400. The highest BCUT2D eigenvalue weighted by Gasteiger charge is 2.16. The van der Waals surface area contributed by atoms with Crippen LogP contribution >= 0.6 is 0 Å². The fourth-order valence-corrected chi connectivity index (χ4v) is 1.44. The highest BCUT2D eigenvalue weighted by molar-refractivity contribution is 5.87. The second-order valence-corrected chi connectivity index (χ2v) is 3.68. The Kier molecular flexibility index (Phi) is 4.15. The summed E-state index contributed by atoms with van der Waals surface area (Å²) in [6, 6.07) is 6.56. The number of rotatable bonds is 5. The van der Waals surface area contributed by atoms with Gasteiger partial charge in [-0.2, -0.15) is 0 Å². The summed E-state index contributed by atoms with van der Waals surface area (Å²) in [6.45, 7) is 0.462. The summed E-state index contributed by atoms with van der Waals surface area (Å²) in [6.07, 6.45) is 1.19. The third-order valence-electron chi connectivity index (χ3n) is 2.37. The highest BCUT2D eigenvalue weighted by Crippen LogP contribution is 2.27. The second kappa shape index (κ2) is 6.01. The molecule has 1 heterocycles. The van der Waals surface area contributed by atoms with Crippen molar-refractivity contribution in [2.45, 2.75) is 0 Å². The van der Waals surface area contributed by atoms with Crippen LogP contribution in [0.5, 0.6) is 5.75 Å². The van der Waals surface area contributed by atoms with E-state index >= 15 is 0 Å². The predicted octanol–water partition coefficient (Wildman–Crippen LogP) is 1.85. The molecule has 0 atom stereocenters. The number of esters is 1. The average molecular weight is 263 g/mol. The molecule has 0 amide bonds. The van der Waals surface area contributed by atoms with Crippen molar-refractivity contribution in [3.8, 4) is 17.2 Å². The molecular weight excluding hydrogens is 250 g/mol. The maximum atomic E-state index is 11.6. The Morgan fingerprint density at radius 3 is 2.89 bits per heavy atom. The Morgan fingerprint density at radius 2 is 2.16 bits per heavy atom. The van der Waals surface area contributed by atoms with E-state index in [1.54, 1.807) is 18.2 Å². The van der Waals surface area contributed by atoms with Gasteiger partial charge in [0, 0.05) is 7.11 Å². The minimum atomic E-state index is -0.595. The number of methoxy groups -OCH3 is 1. The Morgan fingerprint density at radius 1 is 1.37 bits per heavy atom. The maximum absolute atomic E-state index is 11.6. The lowest BCUT2D eigenvalue weighted by molar-refractivity contribution is 0.0381. The Bertz CT molecular complexity index is 564. The molecule has 0 spiro atoms. The monoisotopic (exact) mass is 263 g/mol. The second-order valence-electron chi connectivity index (χ2n) is 3.68. The summed E-state index contributed by atoms with van der Waals surface area (Å²) < 4.78 is 14.8. The third-order valence-corrected chi connectivity index (χ3v) is 2.37. The molecule has 0 unspecified atom stereocenters. The molecule has 0 saturated heterocycles. The van der Waals surface area contributed by atoms with Gasteiger partial charge in [0.2, 0.25) is 5.89 Å². The van der Waals surface area contributed by atoms with Crippen molar-refractivity contribution < 1.29 is 23.8 Å². The molecule has 0 bridgehead atoms. The van der Waals surface area contributed by atoms with Crippen LogP contribution in [0.25, 0.3) is 11.5 Å². The molecule has 2 aromatic rings. The van der Waals surface area contributed by atoms with Crippen LogP contribution in [0.2, 0.25) is 0 Å². The van der Waals surface area contributed by atoms with Gasteiger partial charge >= 0.3 is 5.97 Å². The van der Waals surface area contributed by atoms with E-state index in [0.717, 1.165) is 0 Å². The van der Waals surface area contributed by atoms with Crippen molar-refractivity contribution in [2.75, 3.05) is 20.3 Å². The van der Waals surface area contributed by atoms with Crippen molar-refractivity contribution in [1.29, 1.82) is 0 Å². The van der Waals surface area contributed by atoms with E-state index in [9.17, 15) is 9.90 Å².